The molecule has 2 aliphatic rings. The quantitative estimate of drug-likeness (QED) is 0.494. The van der Waals surface area contributed by atoms with Crippen molar-refractivity contribution in [2.45, 2.75) is 37.2 Å². The molecule has 2 saturated heterocycles. The molecule has 0 saturated carbocycles. The van der Waals surface area contributed by atoms with Crippen LogP contribution in [0.2, 0.25) is 0 Å². The predicted octanol–water partition coefficient (Wildman–Crippen LogP) is 2.54. The normalized spacial score (nSPS) is 19.1. The van der Waals surface area contributed by atoms with Crippen LogP contribution in [0.1, 0.15) is 37.3 Å². The standard InChI is InChI=1S/C25H30N6O4S/c1-18(32)29-12-14-30(15-13-29)23-16-20(9-10-26-23)24-27-25(35-28-24)22-4-3-11-31(22)17-19-5-7-21(8-6-19)36(2,33)34/h5-10,16,22H,3-4,11-15,17H2,1-2H3. The number of nitrogens with zero attached hydrogens (tertiary/aromatic N) is 6. The van der Waals surface area contributed by atoms with Crippen LogP contribution in [-0.4, -0.2) is 78.2 Å². The summed E-state index contributed by atoms with van der Waals surface area (Å²) in [5.74, 6) is 2.05. The molecule has 0 N–H and O–H groups in total. The highest BCUT2D eigenvalue weighted by Gasteiger charge is 2.31. The number of piperazine rings is 1. The van der Waals surface area contributed by atoms with Gasteiger partial charge in [0.05, 0.1) is 10.9 Å². The molecule has 36 heavy (non-hydrogen) atoms. The molecule has 3 aromatic rings. The van der Waals surface area contributed by atoms with E-state index in [4.69, 9.17) is 9.51 Å². The summed E-state index contributed by atoms with van der Waals surface area (Å²) in [5.41, 5.74) is 1.88. The fourth-order valence-corrected chi connectivity index (χ4v) is 5.47. The third-order valence-corrected chi connectivity index (χ3v) is 8.01. The molecule has 2 aromatic heterocycles. The molecule has 1 atom stereocenters. The van der Waals surface area contributed by atoms with Crippen LogP contribution in [0.25, 0.3) is 11.4 Å². The van der Waals surface area contributed by atoms with Gasteiger partial charge in [-0.25, -0.2) is 13.4 Å². The Labute approximate surface area is 210 Å². The zero-order valence-electron chi connectivity index (χ0n) is 20.5. The molecule has 0 bridgehead atoms. The van der Waals surface area contributed by atoms with E-state index in [-0.39, 0.29) is 11.9 Å². The first-order valence-corrected chi connectivity index (χ1v) is 14.0. The van der Waals surface area contributed by atoms with Gasteiger partial charge < -0.3 is 14.3 Å². The third kappa shape index (κ3) is 5.26. The topological polar surface area (TPSA) is 113 Å². The monoisotopic (exact) mass is 510 g/mol. The Hall–Kier alpha value is -3.31. The van der Waals surface area contributed by atoms with Crippen molar-refractivity contribution in [3.8, 4) is 11.4 Å². The van der Waals surface area contributed by atoms with Gasteiger partial charge in [0.15, 0.2) is 9.84 Å². The number of rotatable bonds is 6. The lowest BCUT2D eigenvalue weighted by Crippen LogP contribution is -2.48. The maximum Gasteiger partial charge on any atom is 0.244 e. The number of carbonyl (C=O) groups excluding carboxylic acids is 1. The summed E-state index contributed by atoms with van der Waals surface area (Å²) < 4.78 is 29.2. The second kappa shape index (κ2) is 9.98. The molecular formula is C25H30N6O4S. The molecule has 2 aliphatic heterocycles. The van der Waals surface area contributed by atoms with Gasteiger partial charge >= 0.3 is 0 Å². The average molecular weight is 511 g/mol. The number of hydrogen-bond acceptors (Lipinski definition) is 9. The summed E-state index contributed by atoms with van der Waals surface area (Å²) in [5, 5.41) is 4.25. The molecule has 5 rings (SSSR count). The van der Waals surface area contributed by atoms with Crippen LogP contribution in [0.3, 0.4) is 0 Å². The number of aromatic nitrogens is 3. The fraction of sp³-hybridized carbons (Fsp3) is 0.440. The van der Waals surface area contributed by atoms with E-state index in [9.17, 15) is 13.2 Å². The van der Waals surface area contributed by atoms with Gasteiger partial charge in [-0.3, -0.25) is 9.69 Å². The number of amides is 1. The maximum absolute atomic E-state index is 11.7. The van der Waals surface area contributed by atoms with Gasteiger partial charge in [-0.1, -0.05) is 17.3 Å². The Morgan fingerprint density at radius 3 is 2.53 bits per heavy atom. The zero-order chi connectivity index (χ0) is 25.3. The molecule has 0 radical (unpaired) electrons. The maximum atomic E-state index is 11.7. The van der Waals surface area contributed by atoms with Gasteiger partial charge in [0.25, 0.3) is 0 Å². The lowest BCUT2D eigenvalue weighted by molar-refractivity contribution is -0.129. The largest absolute Gasteiger partial charge is 0.353 e. The third-order valence-electron chi connectivity index (χ3n) is 6.88. The van der Waals surface area contributed by atoms with Crippen molar-refractivity contribution in [3.05, 3.63) is 54.0 Å². The van der Waals surface area contributed by atoms with Crippen LogP contribution in [0, 0.1) is 0 Å². The van der Waals surface area contributed by atoms with Gasteiger partial charge in [0.1, 0.15) is 5.82 Å². The van der Waals surface area contributed by atoms with E-state index in [0.717, 1.165) is 49.4 Å². The van der Waals surface area contributed by atoms with Crippen molar-refractivity contribution < 1.29 is 17.7 Å². The van der Waals surface area contributed by atoms with Gasteiger partial charge in [-0.15, -0.1) is 0 Å². The van der Waals surface area contributed by atoms with Gasteiger partial charge in [-0.05, 0) is 49.2 Å². The van der Waals surface area contributed by atoms with E-state index in [2.05, 4.69) is 19.9 Å². The molecule has 1 amide bonds. The van der Waals surface area contributed by atoms with Crippen molar-refractivity contribution in [2.75, 3.05) is 43.9 Å². The number of hydrogen-bond donors (Lipinski definition) is 0. The number of benzene rings is 1. The predicted molar refractivity (Wildman–Crippen MR) is 134 cm³/mol. The van der Waals surface area contributed by atoms with E-state index in [1.54, 1.807) is 25.3 Å². The molecule has 1 unspecified atom stereocenters. The molecule has 0 spiro atoms. The second-order valence-corrected chi connectivity index (χ2v) is 11.4. The minimum absolute atomic E-state index is 0.0156. The molecule has 4 heterocycles. The molecule has 1 aromatic carbocycles. The number of pyridine rings is 1. The fourth-order valence-electron chi connectivity index (χ4n) is 4.84. The first kappa shape index (κ1) is 24.4. The number of likely N-dealkylation sites (tertiary alicyclic amines) is 1. The zero-order valence-corrected chi connectivity index (χ0v) is 21.3. The van der Waals surface area contributed by atoms with Crippen LogP contribution >= 0.6 is 0 Å². The highest BCUT2D eigenvalue weighted by Crippen LogP contribution is 2.33. The van der Waals surface area contributed by atoms with Gasteiger partial charge in [0, 0.05) is 57.7 Å². The summed E-state index contributed by atoms with van der Waals surface area (Å²) in [6.07, 6.45) is 4.91. The van der Waals surface area contributed by atoms with E-state index < -0.39 is 9.84 Å². The first-order chi connectivity index (χ1) is 17.3. The first-order valence-electron chi connectivity index (χ1n) is 12.1. The van der Waals surface area contributed by atoms with Gasteiger partial charge in [0.2, 0.25) is 17.6 Å². The molecule has 11 heteroatoms. The molecule has 190 valence electrons. The summed E-state index contributed by atoms with van der Waals surface area (Å²) in [4.78, 5) is 27.5. The molecule has 10 nitrogen and oxygen atoms in total. The minimum Gasteiger partial charge on any atom is -0.353 e. The SMILES string of the molecule is CC(=O)N1CCN(c2cc(-c3noc(C4CCCN4Cc4ccc(S(C)(=O)=O)cc4)n3)ccn2)CC1. The van der Waals surface area contributed by atoms with Crippen molar-refractivity contribution in [3.63, 3.8) is 0 Å². The van der Waals surface area contributed by atoms with Crippen molar-refractivity contribution in [1.82, 2.24) is 24.9 Å². The van der Waals surface area contributed by atoms with E-state index in [1.165, 1.54) is 6.26 Å². The number of anilines is 1. The molecular weight excluding hydrogens is 480 g/mol. The lowest BCUT2D eigenvalue weighted by Gasteiger charge is -2.34. The summed E-state index contributed by atoms with van der Waals surface area (Å²) >= 11 is 0. The Morgan fingerprint density at radius 2 is 1.83 bits per heavy atom. The molecule has 2 fully saturated rings. The summed E-state index contributed by atoms with van der Waals surface area (Å²) in [7, 11) is -3.21. The minimum atomic E-state index is -3.21. The van der Waals surface area contributed by atoms with E-state index in [0.29, 0.717) is 36.2 Å². The highest BCUT2D eigenvalue weighted by molar-refractivity contribution is 7.90. The van der Waals surface area contributed by atoms with Crippen molar-refractivity contribution in [2.24, 2.45) is 0 Å². The Balaban J connectivity index is 1.28. The van der Waals surface area contributed by atoms with Crippen LogP contribution < -0.4 is 4.90 Å². The van der Waals surface area contributed by atoms with E-state index >= 15 is 0 Å². The Morgan fingerprint density at radius 1 is 1.08 bits per heavy atom. The second-order valence-electron chi connectivity index (χ2n) is 9.40. The van der Waals surface area contributed by atoms with Crippen LogP contribution in [0.15, 0.2) is 52.0 Å². The van der Waals surface area contributed by atoms with Crippen molar-refractivity contribution >= 4 is 21.6 Å². The highest BCUT2D eigenvalue weighted by atomic mass is 32.2. The number of carbonyl (C=O) groups is 1. The smallest absolute Gasteiger partial charge is 0.244 e. The summed E-state index contributed by atoms with van der Waals surface area (Å²) in [6, 6.07) is 10.9. The van der Waals surface area contributed by atoms with Crippen LogP contribution in [0.4, 0.5) is 5.82 Å². The van der Waals surface area contributed by atoms with Crippen LogP contribution in [-0.2, 0) is 21.2 Å². The Kier molecular flexibility index (Phi) is 6.76. The van der Waals surface area contributed by atoms with Crippen LogP contribution in [0.5, 0.6) is 0 Å². The Bertz CT molecular complexity index is 1330. The van der Waals surface area contributed by atoms with Crippen molar-refractivity contribution in [1.29, 1.82) is 0 Å². The lowest BCUT2D eigenvalue weighted by atomic mass is 10.2. The van der Waals surface area contributed by atoms with Gasteiger partial charge in [-0.2, -0.15) is 4.98 Å². The summed E-state index contributed by atoms with van der Waals surface area (Å²) in [6.45, 7) is 6.01. The van der Waals surface area contributed by atoms with E-state index in [1.807, 2.05) is 29.2 Å². The average Bonchev–Trinajstić information content (AvgIpc) is 3.54. The molecule has 0 aliphatic carbocycles. The number of sulfone groups is 1.